The molecule has 4 rings (SSSR count). The Kier molecular flexibility index (Phi) is 6.06. The molecule has 9 nitrogen and oxygen atoms in total. The van der Waals surface area contributed by atoms with Crippen molar-refractivity contribution in [3.8, 4) is 0 Å². The Labute approximate surface area is 185 Å². The summed E-state index contributed by atoms with van der Waals surface area (Å²) in [4.78, 5) is 30.7. The second kappa shape index (κ2) is 8.93. The largest absolute Gasteiger partial charge is 0.324 e. The molecular weight excluding hydrogens is 413 g/mol. The number of halogens is 1. The number of benzene rings is 2. The van der Waals surface area contributed by atoms with Gasteiger partial charge in [0.1, 0.15) is 5.82 Å². The number of rotatable bonds is 4. The van der Waals surface area contributed by atoms with Crippen molar-refractivity contribution in [1.29, 1.82) is 0 Å². The first-order valence-corrected chi connectivity index (χ1v) is 10.3. The van der Waals surface area contributed by atoms with E-state index in [9.17, 15) is 14.0 Å². The van der Waals surface area contributed by atoms with Gasteiger partial charge in [-0.05, 0) is 37.4 Å². The molecule has 0 saturated carbocycles. The lowest BCUT2D eigenvalue weighted by Crippen LogP contribution is -2.52. The standard InChI is InChI=1S/C22H26FN7O2/c1-27-7-9-29(10-8-27)22(32)30(18-6-5-16-13-25-28(2)20(16)12-18)14-17-4-3-15(11-19(17)23)21(31)26-24/h3-6,11-13H,7-10,14,24H2,1-2H3,(H,26,31). The summed E-state index contributed by atoms with van der Waals surface area (Å²) in [5.74, 6) is 3.98. The average molecular weight is 439 g/mol. The number of aryl methyl sites for hydroxylation is 1. The molecule has 1 fully saturated rings. The van der Waals surface area contributed by atoms with Gasteiger partial charge in [0.15, 0.2) is 0 Å². The van der Waals surface area contributed by atoms with Crippen molar-refractivity contribution in [2.24, 2.45) is 12.9 Å². The first-order chi connectivity index (χ1) is 15.4. The van der Waals surface area contributed by atoms with Gasteiger partial charge in [0.25, 0.3) is 5.91 Å². The smallest absolute Gasteiger partial charge is 0.322 e. The molecule has 0 aliphatic carbocycles. The third-order valence-corrected chi connectivity index (χ3v) is 5.82. The number of carbonyl (C=O) groups excluding carboxylic acids is 2. The van der Waals surface area contributed by atoms with Crippen molar-refractivity contribution in [3.05, 3.63) is 59.5 Å². The number of piperazine rings is 1. The normalized spacial score (nSPS) is 14.6. The number of nitrogens with one attached hydrogen (secondary N) is 1. The number of fused-ring (bicyclic) bond motifs is 1. The lowest BCUT2D eigenvalue weighted by molar-refractivity contribution is 0.0953. The molecule has 10 heteroatoms. The summed E-state index contributed by atoms with van der Waals surface area (Å²) in [6, 6.07) is 9.54. The minimum absolute atomic E-state index is 0.0187. The minimum Gasteiger partial charge on any atom is -0.322 e. The predicted molar refractivity (Wildman–Crippen MR) is 119 cm³/mol. The van der Waals surface area contributed by atoms with Crippen LogP contribution in [0, 0.1) is 5.82 Å². The number of likely N-dealkylation sites (N-methyl/N-ethyl adjacent to an activating group) is 1. The lowest BCUT2D eigenvalue weighted by atomic mass is 10.1. The highest BCUT2D eigenvalue weighted by Gasteiger charge is 2.26. The summed E-state index contributed by atoms with van der Waals surface area (Å²) in [6.45, 7) is 2.76. The maximum atomic E-state index is 14.9. The van der Waals surface area contributed by atoms with E-state index in [0.29, 0.717) is 24.3 Å². The van der Waals surface area contributed by atoms with Crippen LogP contribution in [0.3, 0.4) is 0 Å². The van der Waals surface area contributed by atoms with Crippen molar-refractivity contribution in [2.75, 3.05) is 38.1 Å². The van der Waals surface area contributed by atoms with Crippen molar-refractivity contribution in [2.45, 2.75) is 6.54 Å². The van der Waals surface area contributed by atoms with Crippen LogP contribution in [-0.4, -0.2) is 64.7 Å². The summed E-state index contributed by atoms with van der Waals surface area (Å²) in [6.07, 6.45) is 1.76. The Balaban J connectivity index is 1.69. The van der Waals surface area contributed by atoms with E-state index >= 15 is 0 Å². The maximum absolute atomic E-state index is 14.9. The Bertz CT molecular complexity index is 1150. The number of hydrogen-bond acceptors (Lipinski definition) is 5. The van der Waals surface area contributed by atoms with Crippen LogP contribution in [0.2, 0.25) is 0 Å². The second-order valence-corrected chi connectivity index (χ2v) is 7.95. The highest BCUT2D eigenvalue weighted by atomic mass is 19.1. The minimum atomic E-state index is -0.581. The number of nitrogen functional groups attached to an aromatic ring is 1. The van der Waals surface area contributed by atoms with E-state index < -0.39 is 11.7 Å². The molecule has 1 saturated heterocycles. The molecule has 0 atom stereocenters. The molecule has 1 aliphatic heterocycles. The van der Waals surface area contributed by atoms with Gasteiger partial charge in [-0.25, -0.2) is 15.0 Å². The predicted octanol–water partition coefficient (Wildman–Crippen LogP) is 1.69. The monoisotopic (exact) mass is 439 g/mol. The van der Waals surface area contributed by atoms with Gasteiger partial charge in [-0.3, -0.25) is 19.8 Å². The second-order valence-electron chi connectivity index (χ2n) is 7.95. The summed E-state index contributed by atoms with van der Waals surface area (Å²) >= 11 is 0. The Morgan fingerprint density at radius 3 is 2.56 bits per heavy atom. The van der Waals surface area contributed by atoms with E-state index in [-0.39, 0.29) is 18.1 Å². The van der Waals surface area contributed by atoms with Gasteiger partial charge >= 0.3 is 6.03 Å². The number of nitrogens with two attached hydrogens (primary N) is 1. The molecule has 3 N–H and O–H groups in total. The van der Waals surface area contributed by atoms with E-state index in [2.05, 4.69) is 10.00 Å². The fourth-order valence-electron chi connectivity index (χ4n) is 3.81. The van der Waals surface area contributed by atoms with Crippen LogP contribution >= 0.6 is 0 Å². The molecule has 2 heterocycles. The number of hydrogen-bond donors (Lipinski definition) is 2. The van der Waals surface area contributed by atoms with Crippen LogP contribution < -0.4 is 16.2 Å². The number of urea groups is 1. The van der Waals surface area contributed by atoms with Crippen molar-refractivity contribution in [3.63, 3.8) is 0 Å². The van der Waals surface area contributed by atoms with Crippen LogP contribution in [0.4, 0.5) is 14.9 Å². The molecule has 32 heavy (non-hydrogen) atoms. The van der Waals surface area contributed by atoms with Gasteiger partial charge in [-0.2, -0.15) is 5.10 Å². The third-order valence-electron chi connectivity index (χ3n) is 5.82. The SMILES string of the molecule is CN1CCN(C(=O)N(Cc2ccc(C(=O)NN)cc2F)c2ccc3cnn(C)c3c2)CC1. The molecule has 0 spiro atoms. The van der Waals surface area contributed by atoms with Crippen molar-refractivity contribution >= 4 is 28.5 Å². The van der Waals surface area contributed by atoms with E-state index in [0.717, 1.165) is 30.1 Å². The van der Waals surface area contributed by atoms with Crippen LogP contribution in [0.25, 0.3) is 10.9 Å². The van der Waals surface area contributed by atoms with Gasteiger partial charge in [0.05, 0.1) is 18.3 Å². The number of nitrogens with zero attached hydrogens (tertiary/aromatic N) is 5. The molecule has 0 radical (unpaired) electrons. The molecular formula is C22H26FN7O2. The van der Waals surface area contributed by atoms with Gasteiger partial charge in [-0.15, -0.1) is 0 Å². The first kappa shape index (κ1) is 21.7. The highest BCUT2D eigenvalue weighted by molar-refractivity contribution is 5.95. The molecule has 168 valence electrons. The quantitative estimate of drug-likeness (QED) is 0.366. The Morgan fingerprint density at radius 2 is 1.88 bits per heavy atom. The molecule has 0 bridgehead atoms. The van der Waals surface area contributed by atoms with Crippen molar-refractivity contribution in [1.82, 2.24) is 25.0 Å². The van der Waals surface area contributed by atoms with Crippen LogP contribution in [0.5, 0.6) is 0 Å². The third kappa shape index (κ3) is 4.27. The van der Waals surface area contributed by atoms with Crippen molar-refractivity contribution < 1.29 is 14.0 Å². The summed E-state index contributed by atoms with van der Waals surface area (Å²) < 4.78 is 16.6. The van der Waals surface area contributed by atoms with Crippen LogP contribution in [-0.2, 0) is 13.6 Å². The van der Waals surface area contributed by atoms with E-state index in [1.54, 1.807) is 20.7 Å². The van der Waals surface area contributed by atoms with Crippen LogP contribution in [0.1, 0.15) is 15.9 Å². The number of carbonyl (C=O) groups is 2. The van der Waals surface area contributed by atoms with Gasteiger partial charge in [0, 0.05) is 55.4 Å². The van der Waals surface area contributed by atoms with E-state index in [4.69, 9.17) is 5.84 Å². The Hall–Kier alpha value is -3.50. The zero-order valence-electron chi connectivity index (χ0n) is 18.1. The fraction of sp³-hybridized carbons (Fsp3) is 0.318. The average Bonchev–Trinajstić information content (AvgIpc) is 3.17. The number of hydrazine groups is 1. The molecule has 3 aromatic rings. The number of amides is 3. The molecule has 1 aliphatic rings. The molecule has 0 unspecified atom stereocenters. The van der Waals surface area contributed by atoms with Crippen LogP contribution in [0.15, 0.2) is 42.6 Å². The van der Waals surface area contributed by atoms with Gasteiger partial charge < -0.3 is 9.80 Å². The molecule has 2 aromatic carbocycles. The van der Waals surface area contributed by atoms with E-state index in [1.807, 2.05) is 37.7 Å². The van der Waals surface area contributed by atoms with E-state index in [1.165, 1.54) is 12.1 Å². The van der Waals surface area contributed by atoms with Gasteiger partial charge in [-0.1, -0.05) is 6.07 Å². The summed E-state index contributed by atoms with van der Waals surface area (Å²) in [5, 5.41) is 5.21. The number of anilines is 1. The molecule has 3 amide bonds. The molecule has 1 aromatic heterocycles. The fourth-order valence-corrected chi connectivity index (χ4v) is 3.81. The Morgan fingerprint density at radius 1 is 1.12 bits per heavy atom. The highest BCUT2D eigenvalue weighted by Crippen LogP contribution is 2.26. The first-order valence-electron chi connectivity index (χ1n) is 10.3. The summed E-state index contributed by atoms with van der Waals surface area (Å²) in [5.41, 5.74) is 3.92. The maximum Gasteiger partial charge on any atom is 0.324 e. The topological polar surface area (TPSA) is 99.7 Å². The summed E-state index contributed by atoms with van der Waals surface area (Å²) in [7, 11) is 3.85. The van der Waals surface area contributed by atoms with Gasteiger partial charge in [0.2, 0.25) is 0 Å². The lowest BCUT2D eigenvalue weighted by Gasteiger charge is -2.36. The zero-order chi connectivity index (χ0) is 22.8. The number of aromatic nitrogens is 2. The zero-order valence-corrected chi connectivity index (χ0v) is 18.1.